The van der Waals surface area contributed by atoms with Crippen molar-refractivity contribution in [2.75, 3.05) is 0 Å². The van der Waals surface area contributed by atoms with Gasteiger partial charge in [-0.1, -0.05) is 24.3 Å². The number of ether oxygens (including phenoxy) is 1. The highest BCUT2D eigenvalue weighted by Crippen LogP contribution is 2.36. The van der Waals surface area contributed by atoms with Gasteiger partial charge < -0.3 is 4.74 Å². The Bertz CT molecular complexity index is 1400. The van der Waals surface area contributed by atoms with Gasteiger partial charge in [-0.15, -0.1) is 0 Å². The SMILES string of the molecule is O=S(=O)(c1cccc(OC(F)F)c1)n1ccc2ccc(-c3cccnc3C(F)(F)F)cc21. The van der Waals surface area contributed by atoms with E-state index in [1.807, 2.05) is 0 Å². The summed E-state index contributed by atoms with van der Waals surface area (Å²) < 4.78 is 96.5. The predicted octanol–water partition coefficient (Wildman–Crippen LogP) is 5.56. The lowest BCUT2D eigenvalue weighted by Gasteiger charge is -2.13. The topological polar surface area (TPSA) is 61.2 Å². The Hall–Kier alpha value is -3.47. The fraction of sp³-hybridized carbons (Fsp3) is 0.0952. The van der Waals surface area contributed by atoms with Gasteiger partial charge in [0.25, 0.3) is 10.0 Å². The first-order valence-electron chi connectivity index (χ1n) is 9.01. The molecule has 0 bridgehead atoms. The second-order valence-electron chi connectivity index (χ2n) is 6.64. The van der Waals surface area contributed by atoms with Gasteiger partial charge in [-0.05, 0) is 35.9 Å². The second-order valence-corrected chi connectivity index (χ2v) is 8.46. The summed E-state index contributed by atoms with van der Waals surface area (Å²) in [5.41, 5.74) is -1.08. The Morgan fingerprint density at radius 3 is 2.47 bits per heavy atom. The number of fused-ring (bicyclic) bond motifs is 1. The average molecular weight is 468 g/mol. The van der Waals surface area contributed by atoms with Crippen LogP contribution in [0, 0.1) is 0 Å². The molecule has 0 aliphatic carbocycles. The van der Waals surface area contributed by atoms with E-state index in [1.54, 1.807) is 0 Å². The van der Waals surface area contributed by atoms with Crippen LogP contribution in [0.3, 0.4) is 0 Å². The maximum Gasteiger partial charge on any atom is 0.433 e. The third-order valence-corrected chi connectivity index (χ3v) is 6.32. The van der Waals surface area contributed by atoms with Crippen LogP contribution < -0.4 is 4.74 Å². The number of hydrogen-bond donors (Lipinski definition) is 0. The van der Waals surface area contributed by atoms with Gasteiger partial charge in [-0.3, -0.25) is 4.98 Å². The molecule has 0 fully saturated rings. The van der Waals surface area contributed by atoms with Crippen molar-refractivity contribution < 1.29 is 35.1 Å². The van der Waals surface area contributed by atoms with Gasteiger partial charge in [0, 0.05) is 29.4 Å². The first kappa shape index (κ1) is 21.8. The highest BCUT2D eigenvalue weighted by molar-refractivity contribution is 7.90. The number of alkyl halides is 5. The Labute approximate surface area is 178 Å². The van der Waals surface area contributed by atoms with E-state index in [9.17, 15) is 30.4 Å². The van der Waals surface area contributed by atoms with Gasteiger partial charge in [0.1, 0.15) is 5.75 Å². The van der Waals surface area contributed by atoms with Crippen molar-refractivity contribution in [2.45, 2.75) is 17.7 Å². The summed E-state index contributed by atoms with van der Waals surface area (Å²) in [6.45, 7) is -3.13. The van der Waals surface area contributed by atoms with Gasteiger partial charge in [0.15, 0.2) is 5.69 Å². The third kappa shape index (κ3) is 4.03. The number of aromatic nitrogens is 2. The van der Waals surface area contributed by atoms with Crippen molar-refractivity contribution in [3.05, 3.63) is 78.8 Å². The first-order valence-corrected chi connectivity index (χ1v) is 10.5. The number of nitrogens with zero attached hydrogens (tertiary/aromatic N) is 2. The minimum atomic E-state index is -4.70. The summed E-state index contributed by atoms with van der Waals surface area (Å²) in [5, 5.41) is 0.453. The Kier molecular flexibility index (Phi) is 5.37. The molecule has 0 atom stereocenters. The molecular weight excluding hydrogens is 455 g/mol. The number of rotatable bonds is 5. The fourth-order valence-electron chi connectivity index (χ4n) is 3.27. The van der Waals surface area contributed by atoms with E-state index in [0.717, 1.165) is 16.2 Å². The zero-order valence-electron chi connectivity index (χ0n) is 15.9. The van der Waals surface area contributed by atoms with E-state index in [1.165, 1.54) is 60.8 Å². The van der Waals surface area contributed by atoms with Crippen LogP contribution in [0.25, 0.3) is 22.0 Å². The van der Waals surface area contributed by atoms with E-state index in [2.05, 4.69) is 9.72 Å². The lowest BCUT2D eigenvalue weighted by atomic mass is 10.0. The summed E-state index contributed by atoms with van der Waals surface area (Å²) in [4.78, 5) is 3.10. The molecule has 0 amide bonds. The van der Waals surface area contributed by atoms with Crippen LogP contribution in [0.5, 0.6) is 5.75 Å². The summed E-state index contributed by atoms with van der Waals surface area (Å²) in [7, 11) is -4.26. The zero-order chi connectivity index (χ0) is 23.1. The molecule has 0 radical (unpaired) electrons. The molecule has 0 saturated heterocycles. The lowest BCUT2D eigenvalue weighted by molar-refractivity contribution is -0.140. The highest BCUT2D eigenvalue weighted by atomic mass is 32.2. The summed E-state index contributed by atoms with van der Waals surface area (Å²) in [5.74, 6) is -0.344. The normalized spacial score (nSPS) is 12.4. The van der Waals surface area contributed by atoms with Crippen molar-refractivity contribution in [2.24, 2.45) is 0 Å². The number of halogens is 5. The molecule has 0 aliphatic heterocycles. The largest absolute Gasteiger partial charge is 0.435 e. The van der Waals surface area contributed by atoms with Gasteiger partial charge in [0.05, 0.1) is 10.4 Å². The molecule has 0 N–H and O–H groups in total. The predicted molar refractivity (Wildman–Crippen MR) is 106 cm³/mol. The molecule has 4 aromatic rings. The fourth-order valence-corrected chi connectivity index (χ4v) is 4.65. The maximum atomic E-state index is 13.4. The highest BCUT2D eigenvalue weighted by Gasteiger charge is 2.35. The molecule has 5 nitrogen and oxygen atoms in total. The molecule has 32 heavy (non-hydrogen) atoms. The van der Waals surface area contributed by atoms with Crippen LogP contribution >= 0.6 is 0 Å². The van der Waals surface area contributed by atoms with Gasteiger partial charge in [-0.2, -0.15) is 22.0 Å². The summed E-state index contributed by atoms with van der Waals surface area (Å²) >= 11 is 0. The molecule has 11 heteroatoms. The number of hydrogen-bond acceptors (Lipinski definition) is 4. The van der Waals surface area contributed by atoms with E-state index in [0.29, 0.717) is 5.39 Å². The van der Waals surface area contributed by atoms with E-state index in [-0.39, 0.29) is 27.3 Å². The lowest BCUT2D eigenvalue weighted by Crippen LogP contribution is -2.12. The number of benzene rings is 2. The maximum absolute atomic E-state index is 13.4. The van der Waals surface area contributed by atoms with Crippen molar-refractivity contribution in [3.63, 3.8) is 0 Å². The molecule has 0 aliphatic rings. The molecule has 0 saturated carbocycles. The summed E-state index contributed by atoms with van der Waals surface area (Å²) in [6, 6.07) is 12.9. The van der Waals surface area contributed by atoms with Crippen LogP contribution in [0.1, 0.15) is 5.69 Å². The van der Waals surface area contributed by atoms with Crippen LogP contribution in [0.2, 0.25) is 0 Å². The molecule has 2 aromatic carbocycles. The molecule has 2 heterocycles. The van der Waals surface area contributed by atoms with Crippen LogP contribution in [-0.2, 0) is 16.2 Å². The standard InChI is InChI=1S/C21H13F5N2O3S/c22-20(23)31-15-3-1-4-16(12-15)32(29,30)28-10-8-13-6-7-14(11-18(13)28)17-5-2-9-27-19(17)21(24,25)26/h1-12,20H. The minimum absolute atomic E-state index is 0.111. The molecule has 4 rings (SSSR count). The monoisotopic (exact) mass is 468 g/mol. The van der Waals surface area contributed by atoms with E-state index in [4.69, 9.17) is 0 Å². The molecular formula is C21H13F5N2O3S. The molecule has 166 valence electrons. The molecule has 0 unspecified atom stereocenters. The average Bonchev–Trinajstić information content (AvgIpc) is 3.17. The Balaban J connectivity index is 1.85. The Morgan fingerprint density at radius 2 is 1.75 bits per heavy atom. The van der Waals surface area contributed by atoms with Crippen LogP contribution in [0.4, 0.5) is 22.0 Å². The zero-order valence-corrected chi connectivity index (χ0v) is 16.7. The van der Waals surface area contributed by atoms with Crippen molar-refractivity contribution in [3.8, 4) is 16.9 Å². The second kappa shape index (κ2) is 7.90. The van der Waals surface area contributed by atoms with Gasteiger partial charge >= 0.3 is 12.8 Å². The van der Waals surface area contributed by atoms with Gasteiger partial charge in [0.2, 0.25) is 0 Å². The molecule has 2 aromatic heterocycles. The minimum Gasteiger partial charge on any atom is -0.435 e. The quantitative estimate of drug-likeness (QED) is 0.360. The third-order valence-electron chi connectivity index (χ3n) is 4.63. The van der Waals surface area contributed by atoms with Crippen molar-refractivity contribution in [1.82, 2.24) is 8.96 Å². The molecule has 0 spiro atoms. The van der Waals surface area contributed by atoms with Crippen molar-refractivity contribution in [1.29, 1.82) is 0 Å². The summed E-state index contributed by atoms with van der Waals surface area (Å²) in [6.07, 6.45) is -2.45. The van der Waals surface area contributed by atoms with Gasteiger partial charge in [-0.25, -0.2) is 12.4 Å². The Morgan fingerprint density at radius 1 is 0.969 bits per heavy atom. The number of pyridine rings is 1. The first-order chi connectivity index (χ1) is 15.1. The van der Waals surface area contributed by atoms with Crippen LogP contribution in [0.15, 0.2) is 78.0 Å². The smallest absolute Gasteiger partial charge is 0.433 e. The van der Waals surface area contributed by atoms with E-state index < -0.39 is 28.5 Å². The van der Waals surface area contributed by atoms with E-state index >= 15 is 0 Å². The van der Waals surface area contributed by atoms with Crippen molar-refractivity contribution >= 4 is 20.9 Å². The van der Waals surface area contributed by atoms with Crippen LogP contribution in [-0.4, -0.2) is 24.0 Å².